The molecule has 1 aromatic heterocycles. The van der Waals surface area contributed by atoms with Gasteiger partial charge < -0.3 is 5.32 Å². The number of amides is 1. The Kier molecular flexibility index (Phi) is 3.74. The van der Waals surface area contributed by atoms with E-state index in [1.165, 1.54) is 0 Å². The van der Waals surface area contributed by atoms with E-state index < -0.39 is 0 Å². The molecule has 1 amide bonds. The summed E-state index contributed by atoms with van der Waals surface area (Å²) in [7, 11) is 0. The van der Waals surface area contributed by atoms with Crippen LogP contribution in [0.4, 0.5) is 0 Å². The van der Waals surface area contributed by atoms with Crippen LogP contribution < -0.4 is 5.32 Å². The number of pyridine rings is 1. The molecule has 0 radical (unpaired) electrons. The van der Waals surface area contributed by atoms with Gasteiger partial charge in [0, 0.05) is 37.9 Å². The zero-order valence-electron chi connectivity index (χ0n) is 8.95. The van der Waals surface area contributed by atoms with Crippen molar-refractivity contribution in [1.82, 2.24) is 15.2 Å². The van der Waals surface area contributed by atoms with Crippen LogP contribution in [0.25, 0.3) is 0 Å². The first-order valence-electron chi connectivity index (χ1n) is 5.33. The number of carbonyl (C=O) groups excluding carboxylic acids is 1. The van der Waals surface area contributed by atoms with Gasteiger partial charge in [0.05, 0.1) is 11.6 Å². The lowest BCUT2D eigenvalue weighted by molar-refractivity contribution is -0.124. The Morgan fingerprint density at radius 3 is 3.06 bits per heavy atom. The number of piperazine rings is 1. The molecule has 0 aromatic carbocycles. The lowest BCUT2D eigenvalue weighted by Gasteiger charge is -2.26. The van der Waals surface area contributed by atoms with E-state index in [2.05, 4.69) is 15.2 Å². The van der Waals surface area contributed by atoms with Crippen molar-refractivity contribution in [3.8, 4) is 0 Å². The highest BCUT2D eigenvalue weighted by Crippen LogP contribution is 2.07. The van der Waals surface area contributed by atoms with Gasteiger partial charge in [-0.15, -0.1) is 0 Å². The Morgan fingerprint density at radius 1 is 1.50 bits per heavy atom. The number of carbonyl (C=O) groups is 1. The predicted molar refractivity (Wildman–Crippen MR) is 62.4 cm³/mol. The summed E-state index contributed by atoms with van der Waals surface area (Å²) in [5, 5.41) is 3.46. The zero-order valence-corrected chi connectivity index (χ0v) is 9.70. The second-order valence-electron chi connectivity index (χ2n) is 3.84. The minimum atomic E-state index is 0.107. The average molecular weight is 240 g/mol. The van der Waals surface area contributed by atoms with Crippen LogP contribution in [0.15, 0.2) is 18.3 Å². The molecule has 16 heavy (non-hydrogen) atoms. The van der Waals surface area contributed by atoms with Crippen molar-refractivity contribution >= 4 is 17.5 Å². The van der Waals surface area contributed by atoms with Crippen molar-refractivity contribution in [2.24, 2.45) is 0 Å². The summed E-state index contributed by atoms with van der Waals surface area (Å²) in [5.41, 5.74) is 1.01. The lowest BCUT2D eigenvalue weighted by Crippen LogP contribution is -2.48. The van der Waals surface area contributed by atoms with E-state index in [9.17, 15) is 4.79 Å². The summed E-state index contributed by atoms with van der Waals surface area (Å²) in [6.45, 7) is 3.02. The van der Waals surface area contributed by atoms with Gasteiger partial charge in [-0.2, -0.15) is 0 Å². The maximum absolute atomic E-state index is 11.1. The third-order valence-electron chi connectivity index (χ3n) is 2.59. The van der Waals surface area contributed by atoms with Gasteiger partial charge in [0.2, 0.25) is 5.91 Å². The number of rotatable bonds is 3. The Balaban J connectivity index is 1.82. The molecule has 0 bridgehead atoms. The lowest BCUT2D eigenvalue weighted by atomic mass is 10.2. The zero-order chi connectivity index (χ0) is 11.4. The Morgan fingerprint density at radius 2 is 2.38 bits per heavy atom. The van der Waals surface area contributed by atoms with E-state index in [1.54, 1.807) is 6.20 Å². The number of nitrogens with zero attached hydrogens (tertiary/aromatic N) is 2. The maximum atomic E-state index is 11.1. The van der Waals surface area contributed by atoms with Gasteiger partial charge in [0.25, 0.3) is 0 Å². The van der Waals surface area contributed by atoms with E-state index in [1.807, 2.05) is 12.1 Å². The minimum Gasteiger partial charge on any atom is -0.354 e. The molecule has 1 aromatic rings. The molecule has 0 atom stereocenters. The summed E-state index contributed by atoms with van der Waals surface area (Å²) in [5.74, 6) is 0.107. The van der Waals surface area contributed by atoms with Crippen LogP contribution in [0.2, 0.25) is 5.02 Å². The van der Waals surface area contributed by atoms with Gasteiger partial charge in [-0.25, -0.2) is 0 Å². The van der Waals surface area contributed by atoms with E-state index in [0.717, 1.165) is 31.7 Å². The predicted octanol–water partition coefficient (Wildman–Crippen LogP) is 0.709. The van der Waals surface area contributed by atoms with Gasteiger partial charge in [-0.1, -0.05) is 11.6 Å². The standard InChI is InChI=1S/C11H14ClN3O/c12-9-1-2-10(14-7-9)3-5-15-6-4-13-11(16)8-15/h1-2,7H,3-6,8H2,(H,13,16). The molecule has 1 aliphatic heterocycles. The van der Waals surface area contributed by atoms with Crippen molar-refractivity contribution in [3.63, 3.8) is 0 Å². The Labute approximate surface area is 99.6 Å². The summed E-state index contributed by atoms with van der Waals surface area (Å²) >= 11 is 5.75. The molecule has 0 aliphatic carbocycles. The quantitative estimate of drug-likeness (QED) is 0.845. The van der Waals surface area contributed by atoms with Gasteiger partial charge in [0.1, 0.15) is 0 Å². The SMILES string of the molecule is O=C1CN(CCc2ccc(Cl)cn2)CCN1. The van der Waals surface area contributed by atoms with Crippen molar-refractivity contribution in [1.29, 1.82) is 0 Å². The fourth-order valence-electron chi connectivity index (χ4n) is 1.71. The van der Waals surface area contributed by atoms with E-state index in [0.29, 0.717) is 11.6 Å². The summed E-state index contributed by atoms with van der Waals surface area (Å²) in [6, 6.07) is 3.76. The third-order valence-corrected chi connectivity index (χ3v) is 2.81. The monoisotopic (exact) mass is 239 g/mol. The number of aromatic nitrogens is 1. The highest BCUT2D eigenvalue weighted by molar-refractivity contribution is 6.30. The van der Waals surface area contributed by atoms with Gasteiger partial charge in [-0.3, -0.25) is 14.7 Å². The van der Waals surface area contributed by atoms with Crippen molar-refractivity contribution in [2.75, 3.05) is 26.2 Å². The van der Waals surface area contributed by atoms with Crippen LogP contribution in [0.5, 0.6) is 0 Å². The fraction of sp³-hybridized carbons (Fsp3) is 0.455. The fourth-order valence-corrected chi connectivity index (χ4v) is 1.82. The van der Waals surface area contributed by atoms with Crippen LogP contribution in [-0.2, 0) is 11.2 Å². The summed E-state index contributed by atoms with van der Waals surface area (Å²) < 4.78 is 0. The second kappa shape index (κ2) is 5.27. The molecule has 5 heteroatoms. The van der Waals surface area contributed by atoms with E-state index in [-0.39, 0.29) is 5.91 Å². The minimum absolute atomic E-state index is 0.107. The number of halogens is 1. The molecule has 2 rings (SSSR count). The summed E-state index contributed by atoms with van der Waals surface area (Å²) in [4.78, 5) is 17.5. The van der Waals surface area contributed by atoms with Crippen LogP contribution >= 0.6 is 11.6 Å². The first-order valence-corrected chi connectivity index (χ1v) is 5.71. The molecule has 1 saturated heterocycles. The third kappa shape index (κ3) is 3.18. The normalized spacial score (nSPS) is 17.2. The Bertz CT molecular complexity index is 366. The van der Waals surface area contributed by atoms with Crippen molar-refractivity contribution in [3.05, 3.63) is 29.0 Å². The number of hydrogen-bond acceptors (Lipinski definition) is 3. The van der Waals surface area contributed by atoms with Crippen LogP contribution in [-0.4, -0.2) is 42.0 Å². The van der Waals surface area contributed by atoms with Gasteiger partial charge in [-0.05, 0) is 12.1 Å². The van der Waals surface area contributed by atoms with Crippen LogP contribution in [0.1, 0.15) is 5.69 Å². The molecule has 2 heterocycles. The second-order valence-corrected chi connectivity index (χ2v) is 4.28. The Hall–Kier alpha value is -1.13. The van der Waals surface area contributed by atoms with Crippen molar-refractivity contribution < 1.29 is 4.79 Å². The molecule has 1 aliphatic rings. The van der Waals surface area contributed by atoms with E-state index in [4.69, 9.17) is 11.6 Å². The average Bonchev–Trinajstić information content (AvgIpc) is 2.28. The smallest absolute Gasteiger partial charge is 0.234 e. The summed E-state index contributed by atoms with van der Waals surface area (Å²) in [6.07, 6.45) is 2.50. The molecular formula is C11H14ClN3O. The highest BCUT2D eigenvalue weighted by atomic mass is 35.5. The molecular weight excluding hydrogens is 226 g/mol. The molecule has 0 spiro atoms. The molecule has 0 unspecified atom stereocenters. The first-order chi connectivity index (χ1) is 7.74. The molecule has 1 N–H and O–H groups in total. The first kappa shape index (κ1) is 11.4. The number of hydrogen-bond donors (Lipinski definition) is 1. The molecule has 4 nitrogen and oxygen atoms in total. The molecule has 86 valence electrons. The van der Waals surface area contributed by atoms with Crippen LogP contribution in [0, 0.1) is 0 Å². The van der Waals surface area contributed by atoms with Gasteiger partial charge in [0.15, 0.2) is 0 Å². The molecule has 0 saturated carbocycles. The number of nitrogens with one attached hydrogen (secondary N) is 1. The maximum Gasteiger partial charge on any atom is 0.234 e. The van der Waals surface area contributed by atoms with Crippen LogP contribution in [0.3, 0.4) is 0 Å². The highest BCUT2D eigenvalue weighted by Gasteiger charge is 2.15. The molecule has 1 fully saturated rings. The van der Waals surface area contributed by atoms with Gasteiger partial charge >= 0.3 is 0 Å². The van der Waals surface area contributed by atoms with E-state index >= 15 is 0 Å². The topological polar surface area (TPSA) is 45.2 Å². The van der Waals surface area contributed by atoms with Crippen molar-refractivity contribution in [2.45, 2.75) is 6.42 Å². The largest absolute Gasteiger partial charge is 0.354 e.